The van der Waals surface area contributed by atoms with Gasteiger partial charge in [0, 0.05) is 25.5 Å². The van der Waals surface area contributed by atoms with Gasteiger partial charge in [-0.3, -0.25) is 4.68 Å². The predicted molar refractivity (Wildman–Crippen MR) is 65.2 cm³/mol. The summed E-state index contributed by atoms with van der Waals surface area (Å²) in [7, 11) is 0. The normalized spacial score (nSPS) is 16.1. The number of nitrogens with one attached hydrogen (secondary N) is 1. The van der Waals surface area contributed by atoms with E-state index in [9.17, 15) is 0 Å². The van der Waals surface area contributed by atoms with Crippen molar-refractivity contribution in [2.45, 2.75) is 6.04 Å². The van der Waals surface area contributed by atoms with Gasteiger partial charge in [-0.05, 0) is 6.07 Å². The standard InChI is InChI=1S/C11H11N7/c1-2-16-18(3-1)8-4-17(5-8)11-9-10(13-6-12-9)14-7-15-11/h1-3,6-8H,4-5H2,(H,12,13,14,15). The van der Waals surface area contributed by atoms with Gasteiger partial charge in [0.2, 0.25) is 0 Å². The van der Waals surface area contributed by atoms with E-state index in [1.165, 1.54) is 0 Å². The van der Waals surface area contributed by atoms with E-state index < -0.39 is 0 Å². The highest BCUT2D eigenvalue weighted by atomic mass is 15.4. The Bertz CT molecular complexity index is 666. The second-order valence-corrected chi connectivity index (χ2v) is 4.34. The van der Waals surface area contributed by atoms with Crippen LogP contribution in [0.1, 0.15) is 6.04 Å². The van der Waals surface area contributed by atoms with E-state index in [1.807, 2.05) is 16.9 Å². The van der Waals surface area contributed by atoms with E-state index in [-0.39, 0.29) is 0 Å². The van der Waals surface area contributed by atoms with Crippen molar-refractivity contribution in [1.82, 2.24) is 29.7 Å². The summed E-state index contributed by atoms with van der Waals surface area (Å²) >= 11 is 0. The highest BCUT2D eigenvalue weighted by molar-refractivity contribution is 5.83. The quantitative estimate of drug-likeness (QED) is 0.711. The van der Waals surface area contributed by atoms with Crippen molar-refractivity contribution in [2.75, 3.05) is 18.0 Å². The van der Waals surface area contributed by atoms with Gasteiger partial charge in [-0.1, -0.05) is 0 Å². The first kappa shape index (κ1) is 9.58. The first-order valence-electron chi connectivity index (χ1n) is 5.80. The van der Waals surface area contributed by atoms with Gasteiger partial charge >= 0.3 is 0 Å². The highest BCUT2D eigenvalue weighted by Gasteiger charge is 2.30. The molecule has 1 N–H and O–H groups in total. The zero-order chi connectivity index (χ0) is 11.9. The van der Waals surface area contributed by atoms with E-state index in [0.717, 1.165) is 24.4 Å². The van der Waals surface area contributed by atoms with Gasteiger partial charge in [-0.2, -0.15) is 5.10 Å². The molecule has 0 radical (unpaired) electrons. The van der Waals surface area contributed by atoms with Crippen molar-refractivity contribution in [2.24, 2.45) is 0 Å². The Balaban J connectivity index is 1.61. The molecule has 0 spiro atoms. The molecule has 0 atom stereocenters. The average Bonchev–Trinajstić information content (AvgIpc) is 2.97. The van der Waals surface area contributed by atoms with Crippen LogP contribution in [0.4, 0.5) is 5.82 Å². The number of nitrogens with zero attached hydrogens (tertiary/aromatic N) is 6. The SMILES string of the molecule is c1cnn(C2CN(c3ncnc4nc[nH]c34)C2)c1. The molecule has 0 amide bonds. The van der Waals surface area contributed by atoms with Gasteiger partial charge in [0.1, 0.15) is 11.8 Å². The lowest BCUT2D eigenvalue weighted by atomic mass is 10.1. The van der Waals surface area contributed by atoms with Gasteiger partial charge < -0.3 is 9.88 Å². The molecule has 7 nitrogen and oxygen atoms in total. The van der Waals surface area contributed by atoms with E-state index in [1.54, 1.807) is 18.9 Å². The number of hydrogen-bond acceptors (Lipinski definition) is 5. The van der Waals surface area contributed by atoms with Crippen LogP contribution in [0, 0.1) is 0 Å². The molecule has 0 aromatic carbocycles. The third kappa shape index (κ3) is 1.30. The van der Waals surface area contributed by atoms with Crippen LogP contribution in [0.3, 0.4) is 0 Å². The molecular formula is C11H11N7. The minimum atomic E-state index is 0.424. The Hall–Kier alpha value is -2.44. The molecule has 3 aromatic rings. The molecule has 0 bridgehead atoms. The van der Waals surface area contributed by atoms with Crippen molar-refractivity contribution >= 4 is 17.0 Å². The van der Waals surface area contributed by atoms with E-state index in [0.29, 0.717) is 11.7 Å². The molecule has 1 saturated heterocycles. The molecule has 90 valence electrons. The van der Waals surface area contributed by atoms with Crippen molar-refractivity contribution in [3.63, 3.8) is 0 Å². The van der Waals surface area contributed by atoms with E-state index >= 15 is 0 Å². The van der Waals surface area contributed by atoms with Crippen LogP contribution in [-0.4, -0.2) is 42.8 Å². The van der Waals surface area contributed by atoms with Crippen LogP contribution in [0.2, 0.25) is 0 Å². The summed E-state index contributed by atoms with van der Waals surface area (Å²) in [6, 6.07) is 2.37. The summed E-state index contributed by atoms with van der Waals surface area (Å²) < 4.78 is 1.99. The first-order valence-corrected chi connectivity index (χ1v) is 5.80. The summed E-state index contributed by atoms with van der Waals surface area (Å²) in [5, 5.41) is 4.26. The topological polar surface area (TPSA) is 75.5 Å². The lowest BCUT2D eigenvalue weighted by molar-refractivity contribution is 0.366. The summed E-state index contributed by atoms with van der Waals surface area (Å²) in [5.74, 6) is 0.918. The number of fused-ring (bicyclic) bond motifs is 1. The summed E-state index contributed by atoms with van der Waals surface area (Å²) in [4.78, 5) is 17.9. The largest absolute Gasteiger partial charge is 0.350 e. The van der Waals surface area contributed by atoms with Crippen molar-refractivity contribution in [3.05, 3.63) is 31.1 Å². The Morgan fingerprint density at radius 1 is 1.22 bits per heavy atom. The van der Waals surface area contributed by atoms with Crippen molar-refractivity contribution in [3.8, 4) is 0 Å². The van der Waals surface area contributed by atoms with Crippen LogP contribution < -0.4 is 4.90 Å². The zero-order valence-electron chi connectivity index (χ0n) is 9.56. The Labute approximate surface area is 102 Å². The molecule has 4 heterocycles. The number of aromatic nitrogens is 6. The second-order valence-electron chi connectivity index (χ2n) is 4.34. The van der Waals surface area contributed by atoms with E-state index in [4.69, 9.17) is 0 Å². The fourth-order valence-electron chi connectivity index (χ4n) is 2.28. The van der Waals surface area contributed by atoms with Crippen LogP contribution >= 0.6 is 0 Å². The van der Waals surface area contributed by atoms with Gasteiger partial charge in [0.25, 0.3) is 0 Å². The van der Waals surface area contributed by atoms with Gasteiger partial charge in [0.15, 0.2) is 11.5 Å². The lowest BCUT2D eigenvalue weighted by Gasteiger charge is -2.39. The molecule has 1 fully saturated rings. The molecule has 1 aliphatic heterocycles. The minimum Gasteiger partial charge on any atom is -0.350 e. The maximum absolute atomic E-state index is 4.33. The number of anilines is 1. The Morgan fingerprint density at radius 2 is 2.17 bits per heavy atom. The Morgan fingerprint density at radius 3 is 3.00 bits per heavy atom. The zero-order valence-corrected chi connectivity index (χ0v) is 9.56. The fourth-order valence-corrected chi connectivity index (χ4v) is 2.28. The molecule has 1 aliphatic rings. The van der Waals surface area contributed by atoms with Crippen LogP contribution in [0.5, 0.6) is 0 Å². The number of hydrogen-bond donors (Lipinski definition) is 1. The summed E-state index contributed by atoms with van der Waals surface area (Å²) in [5.41, 5.74) is 1.61. The van der Waals surface area contributed by atoms with Crippen LogP contribution in [0.15, 0.2) is 31.1 Å². The molecule has 3 aromatic heterocycles. The lowest BCUT2D eigenvalue weighted by Crippen LogP contribution is -2.48. The minimum absolute atomic E-state index is 0.424. The second kappa shape index (κ2) is 3.52. The van der Waals surface area contributed by atoms with Crippen LogP contribution in [-0.2, 0) is 0 Å². The first-order chi connectivity index (χ1) is 8.92. The fraction of sp³-hybridized carbons (Fsp3) is 0.273. The monoisotopic (exact) mass is 241 g/mol. The van der Waals surface area contributed by atoms with Gasteiger partial charge in [-0.25, -0.2) is 15.0 Å². The van der Waals surface area contributed by atoms with Crippen molar-refractivity contribution < 1.29 is 0 Å². The third-order valence-electron chi connectivity index (χ3n) is 3.26. The third-order valence-corrected chi connectivity index (χ3v) is 3.26. The predicted octanol–water partition coefficient (Wildman–Crippen LogP) is 0.611. The van der Waals surface area contributed by atoms with Crippen LogP contribution in [0.25, 0.3) is 11.2 Å². The molecule has 7 heteroatoms. The van der Waals surface area contributed by atoms with Gasteiger partial charge in [-0.15, -0.1) is 0 Å². The molecule has 0 unspecified atom stereocenters. The summed E-state index contributed by atoms with van der Waals surface area (Å²) in [6.07, 6.45) is 7.00. The number of aromatic amines is 1. The Kier molecular flexibility index (Phi) is 1.88. The number of H-pyrrole nitrogens is 1. The maximum Gasteiger partial charge on any atom is 0.182 e. The van der Waals surface area contributed by atoms with Gasteiger partial charge in [0.05, 0.1) is 12.4 Å². The summed E-state index contributed by atoms with van der Waals surface area (Å²) in [6.45, 7) is 1.82. The smallest absolute Gasteiger partial charge is 0.182 e. The molecule has 0 aliphatic carbocycles. The molecule has 0 saturated carbocycles. The molecule has 4 rings (SSSR count). The number of rotatable bonds is 2. The molecular weight excluding hydrogens is 230 g/mol. The van der Waals surface area contributed by atoms with E-state index in [2.05, 4.69) is 29.9 Å². The maximum atomic E-state index is 4.33. The number of imidazole rings is 1. The molecule has 18 heavy (non-hydrogen) atoms. The van der Waals surface area contributed by atoms with Crippen molar-refractivity contribution in [1.29, 1.82) is 0 Å². The average molecular weight is 241 g/mol. The highest BCUT2D eigenvalue weighted by Crippen LogP contribution is 2.28.